The third kappa shape index (κ3) is 11.2. The number of nitrogens with two attached hydrogens (primary N) is 1. The summed E-state index contributed by atoms with van der Waals surface area (Å²) in [6.07, 6.45) is 1.30. The van der Waals surface area contributed by atoms with Crippen LogP contribution in [0, 0.1) is 11.8 Å². The van der Waals surface area contributed by atoms with Crippen molar-refractivity contribution in [3.8, 4) is 0 Å². The lowest BCUT2D eigenvalue weighted by molar-refractivity contribution is -0.140. The highest BCUT2D eigenvalue weighted by Gasteiger charge is 2.35. The molecule has 0 saturated carbocycles. The average molecular weight is 609 g/mol. The van der Waals surface area contributed by atoms with E-state index < -0.39 is 35.8 Å². The van der Waals surface area contributed by atoms with Crippen molar-refractivity contribution in [3.63, 3.8) is 0 Å². The van der Waals surface area contributed by atoms with Gasteiger partial charge in [0.25, 0.3) is 0 Å². The van der Waals surface area contributed by atoms with Crippen molar-refractivity contribution < 1.29 is 24.2 Å². The van der Waals surface area contributed by atoms with Crippen LogP contribution in [0.5, 0.6) is 0 Å². The van der Waals surface area contributed by atoms with Crippen molar-refractivity contribution in [3.05, 3.63) is 71.8 Å². The van der Waals surface area contributed by atoms with Crippen LogP contribution in [-0.2, 0) is 27.2 Å². The molecular formula is C35H52N4O5. The number of ether oxygens (including phenoxy) is 1. The Hall–Kier alpha value is -3.43. The minimum Gasteiger partial charge on any atom is -0.444 e. The Balaban J connectivity index is 1.84. The highest BCUT2D eigenvalue weighted by molar-refractivity contribution is 5.89. The lowest BCUT2D eigenvalue weighted by Gasteiger charge is -2.35. The van der Waals surface area contributed by atoms with Crippen molar-refractivity contribution in [2.24, 2.45) is 17.6 Å². The summed E-state index contributed by atoms with van der Waals surface area (Å²) in [5, 5.41) is 17.5. The summed E-state index contributed by atoms with van der Waals surface area (Å²) in [5.41, 5.74) is 7.23. The number of piperidine rings is 1. The summed E-state index contributed by atoms with van der Waals surface area (Å²) in [6, 6.07) is 17.9. The van der Waals surface area contributed by atoms with Crippen LogP contribution in [0.1, 0.15) is 71.4 Å². The van der Waals surface area contributed by atoms with Crippen LogP contribution < -0.4 is 16.4 Å². The maximum atomic E-state index is 14.0. The molecule has 1 fully saturated rings. The van der Waals surface area contributed by atoms with Gasteiger partial charge in [0.2, 0.25) is 11.8 Å². The fraction of sp³-hybridized carbons (Fsp3) is 0.571. The summed E-state index contributed by atoms with van der Waals surface area (Å²) in [5.74, 6) is -1.12. The quantitative estimate of drug-likeness (QED) is 0.269. The third-order valence-electron chi connectivity index (χ3n) is 8.31. The second kappa shape index (κ2) is 16.6. The zero-order valence-electron chi connectivity index (χ0n) is 27.0. The molecule has 0 unspecified atom stereocenters. The Morgan fingerprint density at radius 1 is 0.955 bits per heavy atom. The zero-order valence-corrected chi connectivity index (χ0v) is 27.0. The third-order valence-corrected chi connectivity index (χ3v) is 8.31. The molecule has 3 amide bonds. The summed E-state index contributed by atoms with van der Waals surface area (Å²) in [6.45, 7) is 10.5. The van der Waals surface area contributed by atoms with E-state index in [1.807, 2.05) is 79.4 Å². The SMILES string of the molecule is CC[C@H](C)[C@H](NC(=O)[C@@H](Cc1ccccc1)C[C@H](O)[C@@H](Cc1ccccc1)NC(=O)OC(C)(C)C)C(=O)N1CCC(N)CC1. The Morgan fingerprint density at radius 2 is 1.50 bits per heavy atom. The molecule has 0 spiro atoms. The fourth-order valence-corrected chi connectivity index (χ4v) is 5.52. The van der Waals surface area contributed by atoms with E-state index in [-0.39, 0.29) is 30.2 Å². The number of carbonyl (C=O) groups is 3. The monoisotopic (exact) mass is 608 g/mol. The molecule has 0 bridgehead atoms. The number of rotatable bonds is 13. The molecular weight excluding hydrogens is 556 g/mol. The van der Waals surface area contributed by atoms with Gasteiger partial charge in [0.05, 0.1) is 12.1 Å². The molecule has 0 radical (unpaired) electrons. The van der Waals surface area contributed by atoms with Crippen molar-refractivity contribution in [1.29, 1.82) is 0 Å². The van der Waals surface area contributed by atoms with Crippen LogP contribution in [0.15, 0.2) is 60.7 Å². The molecule has 1 aliphatic rings. The van der Waals surface area contributed by atoms with Crippen molar-refractivity contribution >= 4 is 17.9 Å². The first kappa shape index (κ1) is 35.1. The minimum absolute atomic E-state index is 0.0774. The van der Waals surface area contributed by atoms with E-state index in [4.69, 9.17) is 10.5 Å². The van der Waals surface area contributed by atoms with Crippen LogP contribution in [0.4, 0.5) is 4.79 Å². The number of nitrogens with zero attached hydrogens (tertiary/aromatic N) is 1. The average Bonchev–Trinajstić information content (AvgIpc) is 2.98. The number of hydrogen-bond acceptors (Lipinski definition) is 6. The Kier molecular flexibility index (Phi) is 13.2. The number of nitrogens with one attached hydrogen (secondary N) is 2. The van der Waals surface area contributed by atoms with Gasteiger partial charge in [-0.2, -0.15) is 0 Å². The summed E-state index contributed by atoms with van der Waals surface area (Å²) < 4.78 is 5.50. The topological polar surface area (TPSA) is 134 Å². The van der Waals surface area contributed by atoms with Gasteiger partial charge in [-0.05, 0) is 69.9 Å². The zero-order chi connectivity index (χ0) is 32.3. The normalized spacial score (nSPS) is 17.6. The number of hydrogen-bond donors (Lipinski definition) is 4. The number of benzene rings is 2. The molecule has 0 aromatic heterocycles. The van der Waals surface area contributed by atoms with Gasteiger partial charge in [-0.15, -0.1) is 0 Å². The number of likely N-dealkylation sites (tertiary alicyclic amines) is 1. The van der Waals surface area contributed by atoms with E-state index in [1.54, 1.807) is 20.8 Å². The van der Waals surface area contributed by atoms with Gasteiger partial charge in [0, 0.05) is 25.0 Å². The summed E-state index contributed by atoms with van der Waals surface area (Å²) in [7, 11) is 0. The van der Waals surface area contributed by atoms with Crippen LogP contribution in [-0.4, -0.2) is 70.8 Å². The Morgan fingerprint density at radius 3 is 2.02 bits per heavy atom. The number of alkyl carbamates (subject to hydrolysis) is 1. The largest absolute Gasteiger partial charge is 0.444 e. The summed E-state index contributed by atoms with van der Waals surface area (Å²) in [4.78, 5) is 42.3. The van der Waals surface area contributed by atoms with Crippen LogP contribution >= 0.6 is 0 Å². The first-order chi connectivity index (χ1) is 20.9. The van der Waals surface area contributed by atoms with Crippen molar-refractivity contribution in [1.82, 2.24) is 15.5 Å². The molecule has 9 heteroatoms. The predicted molar refractivity (Wildman–Crippen MR) is 173 cm³/mol. The van der Waals surface area contributed by atoms with Gasteiger partial charge in [-0.1, -0.05) is 80.9 Å². The van der Waals surface area contributed by atoms with E-state index in [1.165, 1.54) is 0 Å². The number of carbonyl (C=O) groups excluding carboxylic acids is 3. The van der Waals surface area contributed by atoms with Gasteiger partial charge < -0.3 is 31.1 Å². The highest BCUT2D eigenvalue weighted by Crippen LogP contribution is 2.22. The fourth-order valence-electron chi connectivity index (χ4n) is 5.52. The first-order valence-electron chi connectivity index (χ1n) is 16.0. The maximum absolute atomic E-state index is 14.0. The molecule has 1 aliphatic heterocycles. The number of aliphatic hydroxyl groups is 1. The molecule has 9 nitrogen and oxygen atoms in total. The van der Waals surface area contributed by atoms with Gasteiger partial charge in [-0.25, -0.2) is 4.79 Å². The van der Waals surface area contributed by atoms with Crippen LogP contribution in [0.25, 0.3) is 0 Å². The smallest absolute Gasteiger partial charge is 0.407 e. The highest BCUT2D eigenvalue weighted by atomic mass is 16.6. The molecule has 44 heavy (non-hydrogen) atoms. The van der Waals surface area contributed by atoms with Crippen LogP contribution in [0.3, 0.4) is 0 Å². The molecule has 1 heterocycles. The van der Waals surface area contributed by atoms with Crippen molar-refractivity contribution in [2.45, 2.75) is 103 Å². The lowest BCUT2D eigenvalue weighted by atomic mass is 9.88. The first-order valence-corrected chi connectivity index (χ1v) is 16.0. The molecule has 1 saturated heterocycles. The lowest BCUT2D eigenvalue weighted by Crippen LogP contribution is -2.55. The molecule has 2 aromatic carbocycles. The van der Waals surface area contributed by atoms with E-state index in [0.717, 1.165) is 30.4 Å². The second-order valence-corrected chi connectivity index (χ2v) is 13.2. The van der Waals surface area contributed by atoms with Gasteiger partial charge in [-0.3, -0.25) is 9.59 Å². The number of amides is 3. The van der Waals surface area contributed by atoms with Crippen molar-refractivity contribution in [2.75, 3.05) is 13.1 Å². The molecule has 0 aliphatic carbocycles. The standard InChI is InChI=1S/C35H52N4O5/c1-6-24(2)31(33(42)39-19-17-28(36)18-20-39)38-32(41)27(21-25-13-9-7-10-14-25)23-30(40)29(22-26-15-11-8-12-16-26)37-34(43)44-35(3,4)5/h7-16,24,27-31,40H,6,17-23,36H2,1-5H3,(H,37,43)(H,38,41)/t24-,27-,29+,30-,31-/m0/s1. The molecule has 5 atom stereocenters. The predicted octanol–water partition coefficient (Wildman–Crippen LogP) is 4.21. The van der Waals surface area contributed by atoms with Gasteiger partial charge in [0.1, 0.15) is 11.6 Å². The summed E-state index contributed by atoms with van der Waals surface area (Å²) >= 11 is 0. The Labute approximate surface area is 262 Å². The number of aliphatic hydroxyl groups excluding tert-OH is 1. The van der Waals surface area contributed by atoms with Gasteiger partial charge in [0.15, 0.2) is 0 Å². The second-order valence-electron chi connectivity index (χ2n) is 13.2. The molecule has 3 rings (SSSR count). The maximum Gasteiger partial charge on any atom is 0.407 e. The Bertz CT molecular complexity index is 1180. The van der Waals surface area contributed by atoms with E-state index in [9.17, 15) is 19.5 Å². The molecule has 242 valence electrons. The van der Waals surface area contributed by atoms with E-state index >= 15 is 0 Å². The minimum atomic E-state index is -1.07. The molecule has 2 aromatic rings. The van der Waals surface area contributed by atoms with Gasteiger partial charge >= 0.3 is 6.09 Å². The van der Waals surface area contributed by atoms with E-state index in [2.05, 4.69) is 10.6 Å². The van der Waals surface area contributed by atoms with Crippen LogP contribution in [0.2, 0.25) is 0 Å². The van der Waals surface area contributed by atoms with E-state index in [0.29, 0.717) is 25.9 Å². The molecule has 5 N–H and O–H groups in total.